The number of rotatable bonds is 7. The summed E-state index contributed by atoms with van der Waals surface area (Å²) in [5.41, 5.74) is 1.37. The predicted octanol–water partition coefficient (Wildman–Crippen LogP) is 4.93. The Morgan fingerprint density at radius 3 is 2.39 bits per heavy atom. The number of benzene rings is 2. The Morgan fingerprint density at radius 1 is 1.06 bits per heavy atom. The second-order valence-corrected chi connectivity index (χ2v) is 9.16. The first-order chi connectivity index (χ1) is 15.5. The number of urea groups is 1. The Bertz CT molecular complexity index is 1220. The molecule has 2 N–H and O–H groups in total. The van der Waals surface area contributed by atoms with Crippen molar-refractivity contribution in [1.82, 2.24) is 10.3 Å². The van der Waals surface area contributed by atoms with Crippen molar-refractivity contribution in [1.29, 1.82) is 0 Å². The number of carbonyl (C=O) groups is 1. The number of alkyl halides is 3. The minimum absolute atomic E-state index is 0.0319. The Balaban J connectivity index is 1.61. The maximum Gasteiger partial charge on any atom is 0.573 e. The summed E-state index contributed by atoms with van der Waals surface area (Å²) in [5.74, 6) is -1.11. The van der Waals surface area contributed by atoms with Crippen LogP contribution in [0.25, 0.3) is 0 Å². The van der Waals surface area contributed by atoms with E-state index in [2.05, 4.69) is 20.4 Å². The van der Waals surface area contributed by atoms with Crippen molar-refractivity contribution in [2.24, 2.45) is 0 Å². The molecule has 174 valence electrons. The van der Waals surface area contributed by atoms with Gasteiger partial charge in [0.25, 0.3) is 0 Å². The summed E-state index contributed by atoms with van der Waals surface area (Å²) in [6.45, 7) is 0.265. The number of amides is 2. The zero-order valence-corrected chi connectivity index (χ0v) is 18.3. The van der Waals surface area contributed by atoms with Gasteiger partial charge in [-0.2, -0.15) is 0 Å². The van der Waals surface area contributed by atoms with E-state index in [1.54, 1.807) is 24.5 Å². The molecule has 3 aromatic rings. The van der Waals surface area contributed by atoms with Gasteiger partial charge in [-0.25, -0.2) is 13.2 Å². The zero-order valence-electron chi connectivity index (χ0n) is 16.8. The third kappa shape index (κ3) is 7.36. The molecule has 12 heteroatoms. The number of hydrogen-bond acceptors (Lipinski definition) is 5. The van der Waals surface area contributed by atoms with Crippen LogP contribution in [0.2, 0.25) is 5.02 Å². The number of anilines is 1. The second-order valence-electron chi connectivity index (χ2n) is 6.76. The number of sulfone groups is 1. The van der Waals surface area contributed by atoms with E-state index < -0.39 is 33.7 Å². The van der Waals surface area contributed by atoms with Crippen LogP contribution in [0.15, 0.2) is 71.9 Å². The molecule has 2 aromatic carbocycles. The van der Waals surface area contributed by atoms with E-state index >= 15 is 0 Å². The van der Waals surface area contributed by atoms with Crippen LogP contribution in [0, 0.1) is 0 Å². The lowest BCUT2D eigenvalue weighted by Gasteiger charge is -2.12. The molecule has 33 heavy (non-hydrogen) atoms. The highest BCUT2D eigenvalue weighted by atomic mass is 35.5. The van der Waals surface area contributed by atoms with Crippen LogP contribution < -0.4 is 15.4 Å². The lowest BCUT2D eigenvalue weighted by atomic mass is 10.2. The average Bonchev–Trinajstić information content (AvgIpc) is 2.74. The van der Waals surface area contributed by atoms with Crippen LogP contribution in [0.3, 0.4) is 0 Å². The van der Waals surface area contributed by atoms with Gasteiger partial charge in [0.1, 0.15) is 5.75 Å². The molecular formula is C21H17ClF3N3O4S. The van der Waals surface area contributed by atoms with Gasteiger partial charge in [-0.15, -0.1) is 13.2 Å². The van der Waals surface area contributed by atoms with Gasteiger partial charge in [-0.3, -0.25) is 4.98 Å². The van der Waals surface area contributed by atoms with Crippen molar-refractivity contribution in [2.45, 2.75) is 23.6 Å². The van der Waals surface area contributed by atoms with Crippen molar-refractivity contribution in [3.63, 3.8) is 0 Å². The lowest BCUT2D eigenvalue weighted by molar-refractivity contribution is -0.274. The van der Waals surface area contributed by atoms with Gasteiger partial charge < -0.3 is 15.4 Å². The summed E-state index contributed by atoms with van der Waals surface area (Å²) in [4.78, 5) is 15.9. The molecule has 0 aliphatic rings. The molecule has 3 rings (SSSR count). The van der Waals surface area contributed by atoms with Gasteiger partial charge in [0.15, 0.2) is 9.84 Å². The first-order valence-corrected chi connectivity index (χ1v) is 11.4. The van der Waals surface area contributed by atoms with Gasteiger partial charge in [0.2, 0.25) is 0 Å². The van der Waals surface area contributed by atoms with E-state index in [9.17, 15) is 26.4 Å². The van der Waals surface area contributed by atoms with E-state index in [0.717, 1.165) is 17.7 Å². The number of hydrogen-bond donors (Lipinski definition) is 2. The van der Waals surface area contributed by atoms with Gasteiger partial charge in [-0.05, 0) is 53.6 Å². The number of nitrogens with one attached hydrogen (secondary N) is 2. The second kappa shape index (κ2) is 10.1. The zero-order chi connectivity index (χ0) is 24.1. The number of aromatic nitrogens is 1. The van der Waals surface area contributed by atoms with Crippen molar-refractivity contribution >= 4 is 33.2 Å². The number of halogens is 4. The molecule has 0 saturated heterocycles. The first kappa shape index (κ1) is 24.3. The van der Waals surface area contributed by atoms with Crippen LogP contribution in [0.1, 0.15) is 11.1 Å². The molecular weight excluding hydrogens is 483 g/mol. The van der Waals surface area contributed by atoms with Crippen molar-refractivity contribution in [3.8, 4) is 5.75 Å². The highest BCUT2D eigenvalue weighted by Crippen LogP contribution is 2.31. The van der Waals surface area contributed by atoms with Crippen molar-refractivity contribution in [3.05, 3.63) is 83.1 Å². The number of carbonyl (C=O) groups excluding carboxylic acids is 1. The molecule has 2 amide bonds. The van der Waals surface area contributed by atoms with Crippen molar-refractivity contribution < 1.29 is 31.1 Å². The van der Waals surface area contributed by atoms with E-state index in [1.807, 2.05) is 0 Å². The summed E-state index contributed by atoms with van der Waals surface area (Å²) in [5, 5.41) is 4.87. The van der Waals surface area contributed by atoms with Crippen LogP contribution in [-0.2, 0) is 22.1 Å². The van der Waals surface area contributed by atoms with Gasteiger partial charge in [-0.1, -0.05) is 23.7 Å². The summed E-state index contributed by atoms with van der Waals surface area (Å²) in [6.07, 6.45) is -1.68. The van der Waals surface area contributed by atoms with Crippen LogP contribution in [-0.4, -0.2) is 25.8 Å². The molecule has 0 bridgehead atoms. The number of nitrogens with zero attached hydrogens (tertiary/aromatic N) is 1. The molecule has 0 saturated carbocycles. The fourth-order valence-electron chi connectivity index (χ4n) is 2.75. The third-order valence-corrected chi connectivity index (χ3v) is 6.22. The molecule has 1 aromatic heterocycles. The van der Waals surface area contributed by atoms with E-state index in [1.165, 1.54) is 30.3 Å². The maximum atomic E-state index is 12.7. The molecule has 0 aliphatic heterocycles. The minimum Gasteiger partial charge on any atom is -0.404 e. The van der Waals surface area contributed by atoms with Crippen LogP contribution in [0.4, 0.5) is 23.7 Å². The van der Waals surface area contributed by atoms with Gasteiger partial charge in [0, 0.05) is 24.6 Å². The monoisotopic (exact) mass is 499 g/mol. The predicted molar refractivity (Wildman–Crippen MR) is 116 cm³/mol. The average molecular weight is 500 g/mol. The highest BCUT2D eigenvalue weighted by molar-refractivity contribution is 7.90. The fraction of sp³-hybridized carbons (Fsp3) is 0.143. The molecule has 7 nitrogen and oxygen atoms in total. The molecule has 0 atom stereocenters. The van der Waals surface area contributed by atoms with Gasteiger partial charge >= 0.3 is 12.4 Å². The minimum atomic E-state index is -4.91. The Morgan fingerprint density at radius 2 is 1.79 bits per heavy atom. The van der Waals surface area contributed by atoms with Crippen molar-refractivity contribution in [2.75, 3.05) is 5.32 Å². The largest absolute Gasteiger partial charge is 0.573 e. The molecule has 0 spiro atoms. The molecule has 0 radical (unpaired) electrons. The third-order valence-electron chi connectivity index (χ3n) is 4.23. The number of ether oxygens (including phenoxy) is 1. The van der Waals surface area contributed by atoms with Crippen LogP contribution in [0.5, 0.6) is 5.75 Å². The van der Waals surface area contributed by atoms with E-state index in [4.69, 9.17) is 11.6 Å². The Hall–Kier alpha value is -3.31. The highest BCUT2D eigenvalue weighted by Gasteiger charge is 2.32. The number of pyridine rings is 1. The van der Waals surface area contributed by atoms with E-state index in [-0.39, 0.29) is 22.0 Å². The van der Waals surface area contributed by atoms with E-state index in [0.29, 0.717) is 5.69 Å². The standard InChI is InChI=1S/C21H17ClF3N3O4S/c22-18-10-14(3-8-19(18)32-21(23,24)25)13-33(30,31)17-6-4-16(5-7-17)28-20(29)27-12-15-2-1-9-26-11-15/h1-11H,12-13H2,(H2,27,28,29). The first-order valence-electron chi connectivity index (χ1n) is 9.32. The van der Waals surface area contributed by atoms with Crippen LogP contribution >= 0.6 is 11.6 Å². The molecule has 0 unspecified atom stereocenters. The molecule has 1 heterocycles. The summed E-state index contributed by atoms with van der Waals surface area (Å²) in [6, 6.07) is 11.8. The molecule has 0 fully saturated rings. The SMILES string of the molecule is O=C(NCc1cccnc1)Nc1ccc(S(=O)(=O)Cc2ccc(OC(F)(F)F)c(Cl)c2)cc1. The normalized spacial score (nSPS) is 11.6. The maximum absolute atomic E-state index is 12.7. The summed E-state index contributed by atoms with van der Waals surface area (Å²) >= 11 is 5.77. The fourth-order valence-corrected chi connectivity index (χ4v) is 4.33. The Labute approximate surface area is 192 Å². The summed E-state index contributed by atoms with van der Waals surface area (Å²) < 4.78 is 66.1. The summed E-state index contributed by atoms with van der Waals surface area (Å²) in [7, 11) is -3.83. The Kier molecular flexibility index (Phi) is 7.44. The topological polar surface area (TPSA) is 97.4 Å². The lowest BCUT2D eigenvalue weighted by Crippen LogP contribution is -2.28. The molecule has 0 aliphatic carbocycles. The smallest absolute Gasteiger partial charge is 0.404 e. The quantitative estimate of drug-likeness (QED) is 0.480. The van der Waals surface area contributed by atoms with Gasteiger partial charge in [0.05, 0.1) is 15.7 Å².